The van der Waals surface area contributed by atoms with Crippen LogP contribution < -0.4 is 14.4 Å². The van der Waals surface area contributed by atoms with Crippen molar-refractivity contribution in [2.45, 2.75) is 44.7 Å². The van der Waals surface area contributed by atoms with Gasteiger partial charge in [0.1, 0.15) is 18.3 Å². The van der Waals surface area contributed by atoms with Gasteiger partial charge in [-0.15, -0.1) is 0 Å². The topological polar surface area (TPSA) is 96.0 Å². The van der Waals surface area contributed by atoms with Crippen LogP contribution in [0.2, 0.25) is 5.02 Å². The molecule has 0 aliphatic carbocycles. The molecule has 3 aromatic carbocycles. The number of rotatable bonds is 12. The summed E-state index contributed by atoms with van der Waals surface area (Å²) in [6.45, 7) is 5.60. The third-order valence-corrected chi connectivity index (χ3v) is 8.24. The number of amides is 2. The molecule has 8 nitrogen and oxygen atoms in total. The molecule has 0 aliphatic heterocycles. The Balaban J connectivity index is 2.01. The van der Waals surface area contributed by atoms with Gasteiger partial charge < -0.3 is 15.0 Å². The molecule has 0 saturated heterocycles. The Morgan fingerprint density at radius 3 is 2.28 bits per heavy atom. The number of sulfonamides is 1. The third kappa shape index (κ3) is 7.74. The fourth-order valence-electron chi connectivity index (χ4n) is 3.90. The minimum absolute atomic E-state index is 0.0186. The zero-order valence-electron chi connectivity index (χ0n) is 22.6. The standard InChI is InChI=1S/C29H34ClN3O5S/c1-5-17-31-29(35)22(3)32(19-23-11-9-21(2)10-12-23)28(34)20-33(25-8-6-7-24(30)18-25)39(36,37)27-15-13-26(38-4)14-16-27/h6-16,18,22H,5,17,19-20H2,1-4H3,(H,31,35)/t22-/m1/s1. The molecule has 3 aromatic rings. The number of aryl methyl sites for hydroxylation is 1. The van der Waals surface area contributed by atoms with Crippen molar-refractivity contribution in [3.05, 3.63) is 88.9 Å². The fourth-order valence-corrected chi connectivity index (χ4v) is 5.49. The highest BCUT2D eigenvalue weighted by atomic mass is 35.5. The van der Waals surface area contributed by atoms with E-state index < -0.39 is 28.5 Å². The minimum atomic E-state index is -4.19. The van der Waals surface area contributed by atoms with Gasteiger partial charge in [-0.2, -0.15) is 0 Å². The number of ether oxygens (including phenoxy) is 1. The summed E-state index contributed by atoms with van der Waals surface area (Å²) in [5.41, 5.74) is 2.10. The highest BCUT2D eigenvalue weighted by Crippen LogP contribution is 2.28. The summed E-state index contributed by atoms with van der Waals surface area (Å²) in [5.74, 6) is -0.355. The van der Waals surface area contributed by atoms with Crippen molar-refractivity contribution in [1.29, 1.82) is 0 Å². The lowest BCUT2D eigenvalue weighted by Crippen LogP contribution is -2.51. The third-order valence-electron chi connectivity index (χ3n) is 6.21. The van der Waals surface area contributed by atoms with Crippen LogP contribution >= 0.6 is 11.6 Å². The van der Waals surface area contributed by atoms with E-state index in [0.717, 1.165) is 21.9 Å². The van der Waals surface area contributed by atoms with Crippen molar-refractivity contribution in [1.82, 2.24) is 10.2 Å². The van der Waals surface area contributed by atoms with Gasteiger partial charge in [0.15, 0.2) is 0 Å². The van der Waals surface area contributed by atoms with Gasteiger partial charge in [0.25, 0.3) is 10.0 Å². The van der Waals surface area contributed by atoms with Gasteiger partial charge in [-0.25, -0.2) is 8.42 Å². The van der Waals surface area contributed by atoms with E-state index in [2.05, 4.69) is 5.32 Å². The number of nitrogens with zero attached hydrogens (tertiary/aromatic N) is 2. The van der Waals surface area contributed by atoms with E-state index in [4.69, 9.17) is 16.3 Å². The predicted octanol–water partition coefficient (Wildman–Crippen LogP) is 4.80. The Morgan fingerprint density at radius 1 is 1.03 bits per heavy atom. The first-order valence-corrected chi connectivity index (χ1v) is 14.4. The molecule has 0 fully saturated rings. The van der Waals surface area contributed by atoms with Crippen LogP contribution in [0.3, 0.4) is 0 Å². The van der Waals surface area contributed by atoms with Gasteiger partial charge in [0.05, 0.1) is 17.7 Å². The molecule has 208 valence electrons. The molecule has 0 heterocycles. The second kappa shape index (κ2) is 13.5. The average molecular weight is 572 g/mol. The zero-order valence-corrected chi connectivity index (χ0v) is 24.1. The Morgan fingerprint density at radius 2 is 1.69 bits per heavy atom. The molecule has 0 bridgehead atoms. The second-order valence-corrected chi connectivity index (χ2v) is 11.4. The summed E-state index contributed by atoms with van der Waals surface area (Å²) in [4.78, 5) is 28.2. The average Bonchev–Trinajstić information content (AvgIpc) is 2.93. The highest BCUT2D eigenvalue weighted by molar-refractivity contribution is 7.92. The number of methoxy groups -OCH3 is 1. The quantitative estimate of drug-likeness (QED) is 0.337. The van der Waals surface area contributed by atoms with Gasteiger partial charge in [0.2, 0.25) is 11.8 Å². The maximum Gasteiger partial charge on any atom is 0.264 e. The van der Waals surface area contributed by atoms with Crippen molar-refractivity contribution < 1.29 is 22.7 Å². The van der Waals surface area contributed by atoms with Crippen molar-refractivity contribution in [3.8, 4) is 5.75 Å². The van der Waals surface area contributed by atoms with Gasteiger partial charge in [-0.1, -0.05) is 54.4 Å². The number of benzene rings is 3. The van der Waals surface area contributed by atoms with E-state index in [1.165, 1.54) is 42.3 Å². The zero-order chi connectivity index (χ0) is 28.6. The normalized spacial score (nSPS) is 11.9. The van der Waals surface area contributed by atoms with Crippen molar-refractivity contribution in [3.63, 3.8) is 0 Å². The van der Waals surface area contributed by atoms with E-state index >= 15 is 0 Å². The number of anilines is 1. The van der Waals surface area contributed by atoms with Crippen LogP contribution in [-0.4, -0.2) is 51.4 Å². The molecule has 0 radical (unpaired) electrons. The summed E-state index contributed by atoms with van der Waals surface area (Å²) >= 11 is 6.20. The van der Waals surface area contributed by atoms with Crippen molar-refractivity contribution in [2.75, 3.05) is 24.5 Å². The molecule has 10 heteroatoms. The SMILES string of the molecule is CCCNC(=O)[C@@H](C)N(Cc1ccc(C)cc1)C(=O)CN(c1cccc(Cl)c1)S(=O)(=O)c1ccc(OC)cc1. The second-order valence-electron chi connectivity index (χ2n) is 9.14. The summed E-state index contributed by atoms with van der Waals surface area (Å²) in [5, 5.41) is 3.15. The molecule has 1 atom stereocenters. The van der Waals surface area contributed by atoms with Crippen LogP contribution in [0.25, 0.3) is 0 Å². The van der Waals surface area contributed by atoms with E-state index in [0.29, 0.717) is 17.3 Å². The molecule has 0 aromatic heterocycles. The van der Waals surface area contributed by atoms with E-state index in [-0.39, 0.29) is 23.0 Å². The Bertz CT molecular complexity index is 1380. The molecule has 0 unspecified atom stereocenters. The van der Waals surface area contributed by atoms with Crippen LogP contribution in [0.5, 0.6) is 5.75 Å². The predicted molar refractivity (Wildman–Crippen MR) is 153 cm³/mol. The number of carbonyl (C=O) groups is 2. The van der Waals surface area contributed by atoms with Crippen LogP contribution in [0.15, 0.2) is 77.7 Å². The molecule has 0 spiro atoms. The Labute approximate surface area is 235 Å². The van der Waals surface area contributed by atoms with Gasteiger partial charge in [-0.3, -0.25) is 13.9 Å². The van der Waals surface area contributed by atoms with Crippen LogP contribution in [0.4, 0.5) is 5.69 Å². The number of carbonyl (C=O) groups excluding carboxylic acids is 2. The number of nitrogens with one attached hydrogen (secondary N) is 1. The molecule has 0 aliphatic rings. The lowest BCUT2D eigenvalue weighted by molar-refractivity contribution is -0.139. The molecule has 0 saturated carbocycles. The van der Waals surface area contributed by atoms with Crippen LogP contribution in [0.1, 0.15) is 31.4 Å². The molecular formula is C29H34ClN3O5S. The van der Waals surface area contributed by atoms with Crippen LogP contribution in [0, 0.1) is 6.92 Å². The molecular weight excluding hydrogens is 538 g/mol. The summed E-state index contributed by atoms with van der Waals surface area (Å²) < 4.78 is 33.8. The van der Waals surface area contributed by atoms with Crippen LogP contribution in [-0.2, 0) is 26.2 Å². The Kier molecular flexibility index (Phi) is 10.4. The summed E-state index contributed by atoms with van der Waals surface area (Å²) in [6, 6.07) is 19.0. The summed E-state index contributed by atoms with van der Waals surface area (Å²) in [7, 11) is -2.70. The first-order chi connectivity index (χ1) is 18.6. The first-order valence-electron chi connectivity index (χ1n) is 12.6. The molecule has 39 heavy (non-hydrogen) atoms. The van der Waals surface area contributed by atoms with Gasteiger partial charge in [-0.05, 0) is 68.3 Å². The highest BCUT2D eigenvalue weighted by Gasteiger charge is 2.32. The Hall–Kier alpha value is -3.56. The fraction of sp³-hybridized carbons (Fsp3) is 0.310. The molecule has 3 rings (SSSR count). The molecule has 2 amide bonds. The lowest BCUT2D eigenvalue weighted by Gasteiger charge is -2.32. The maximum absolute atomic E-state index is 13.9. The largest absolute Gasteiger partial charge is 0.497 e. The number of hydrogen-bond acceptors (Lipinski definition) is 5. The number of halogens is 1. The monoisotopic (exact) mass is 571 g/mol. The van der Waals surface area contributed by atoms with Crippen molar-refractivity contribution >= 4 is 39.1 Å². The van der Waals surface area contributed by atoms with Crippen molar-refractivity contribution in [2.24, 2.45) is 0 Å². The van der Waals surface area contributed by atoms with E-state index in [1.807, 2.05) is 38.1 Å². The maximum atomic E-state index is 13.9. The van der Waals surface area contributed by atoms with E-state index in [1.54, 1.807) is 25.1 Å². The first kappa shape index (κ1) is 30.0. The number of hydrogen-bond donors (Lipinski definition) is 1. The van der Waals surface area contributed by atoms with Gasteiger partial charge >= 0.3 is 0 Å². The van der Waals surface area contributed by atoms with Gasteiger partial charge in [0, 0.05) is 18.1 Å². The van der Waals surface area contributed by atoms with E-state index in [9.17, 15) is 18.0 Å². The molecule has 1 N–H and O–H groups in total. The smallest absolute Gasteiger partial charge is 0.264 e. The summed E-state index contributed by atoms with van der Waals surface area (Å²) in [6.07, 6.45) is 0.743. The minimum Gasteiger partial charge on any atom is -0.497 e. The lowest BCUT2D eigenvalue weighted by atomic mass is 10.1.